The minimum atomic E-state index is -0.0800. The van der Waals surface area contributed by atoms with Crippen LogP contribution in [0.1, 0.15) is 24.1 Å². The third kappa shape index (κ3) is 4.41. The summed E-state index contributed by atoms with van der Waals surface area (Å²) in [6.45, 7) is 1.95. The van der Waals surface area contributed by atoms with Gasteiger partial charge in [-0.3, -0.25) is 4.79 Å². The van der Waals surface area contributed by atoms with E-state index in [0.29, 0.717) is 11.5 Å². The molecule has 0 bridgehead atoms. The Morgan fingerprint density at radius 1 is 0.958 bits per heavy atom. The van der Waals surface area contributed by atoms with Gasteiger partial charge in [-0.15, -0.1) is 0 Å². The van der Waals surface area contributed by atoms with Crippen molar-refractivity contribution in [1.29, 1.82) is 0 Å². The Labute approximate surface area is 142 Å². The average Bonchev–Trinajstić information content (AvgIpc) is 2.61. The second-order valence-electron chi connectivity index (χ2n) is 5.43. The number of hydrogen-bond acceptors (Lipinski definition) is 4. The molecular weight excluding hydrogens is 306 g/mol. The highest BCUT2D eigenvalue weighted by molar-refractivity contribution is 5.79. The van der Waals surface area contributed by atoms with Crippen molar-refractivity contribution in [1.82, 2.24) is 5.32 Å². The van der Waals surface area contributed by atoms with Crippen LogP contribution in [0, 0.1) is 0 Å². The standard InChI is InChI=1S/C19H23NO4/c1-13(15-6-8-16(22-2)9-7-15)20-19(21)12-14-5-10-17(23-3)18(11-14)24-4/h5-11,13H,12H2,1-4H3,(H,20,21)/t13-/m0/s1. The van der Waals surface area contributed by atoms with Crippen molar-refractivity contribution in [2.24, 2.45) is 0 Å². The van der Waals surface area contributed by atoms with Crippen LogP contribution in [0.3, 0.4) is 0 Å². The highest BCUT2D eigenvalue weighted by Gasteiger charge is 2.12. The van der Waals surface area contributed by atoms with Crippen LogP contribution in [-0.2, 0) is 11.2 Å². The van der Waals surface area contributed by atoms with Crippen LogP contribution in [0.15, 0.2) is 42.5 Å². The van der Waals surface area contributed by atoms with E-state index < -0.39 is 0 Å². The van der Waals surface area contributed by atoms with Gasteiger partial charge in [-0.25, -0.2) is 0 Å². The van der Waals surface area contributed by atoms with E-state index in [0.717, 1.165) is 16.9 Å². The molecule has 0 unspecified atom stereocenters. The monoisotopic (exact) mass is 329 g/mol. The van der Waals surface area contributed by atoms with Gasteiger partial charge in [0.05, 0.1) is 33.8 Å². The van der Waals surface area contributed by atoms with Crippen molar-refractivity contribution in [2.75, 3.05) is 21.3 Å². The van der Waals surface area contributed by atoms with E-state index in [1.54, 1.807) is 27.4 Å². The van der Waals surface area contributed by atoms with E-state index in [-0.39, 0.29) is 18.4 Å². The fourth-order valence-corrected chi connectivity index (χ4v) is 2.44. The predicted molar refractivity (Wildman–Crippen MR) is 92.8 cm³/mol. The van der Waals surface area contributed by atoms with E-state index in [9.17, 15) is 4.79 Å². The molecule has 5 heteroatoms. The van der Waals surface area contributed by atoms with Gasteiger partial charge in [-0.1, -0.05) is 18.2 Å². The maximum atomic E-state index is 12.3. The zero-order valence-electron chi connectivity index (χ0n) is 14.5. The summed E-state index contributed by atoms with van der Waals surface area (Å²) in [5.41, 5.74) is 1.89. The lowest BCUT2D eigenvalue weighted by Gasteiger charge is -2.15. The second-order valence-corrected chi connectivity index (χ2v) is 5.43. The van der Waals surface area contributed by atoms with E-state index in [1.807, 2.05) is 43.3 Å². The summed E-state index contributed by atoms with van der Waals surface area (Å²) < 4.78 is 15.6. The lowest BCUT2D eigenvalue weighted by molar-refractivity contribution is -0.121. The topological polar surface area (TPSA) is 56.8 Å². The number of methoxy groups -OCH3 is 3. The number of hydrogen-bond donors (Lipinski definition) is 1. The third-order valence-corrected chi connectivity index (χ3v) is 3.81. The smallest absolute Gasteiger partial charge is 0.224 e. The van der Waals surface area contributed by atoms with Gasteiger partial charge in [0.15, 0.2) is 11.5 Å². The Morgan fingerprint density at radius 2 is 1.62 bits per heavy atom. The molecular formula is C19H23NO4. The Bertz CT molecular complexity index is 682. The largest absolute Gasteiger partial charge is 0.497 e. The van der Waals surface area contributed by atoms with Crippen molar-refractivity contribution >= 4 is 5.91 Å². The predicted octanol–water partition coefficient (Wildman–Crippen LogP) is 3.13. The number of ether oxygens (including phenoxy) is 3. The zero-order valence-corrected chi connectivity index (χ0v) is 14.5. The second kappa shape index (κ2) is 8.24. The summed E-state index contributed by atoms with van der Waals surface area (Å²) >= 11 is 0. The Balaban J connectivity index is 1.99. The summed E-state index contributed by atoms with van der Waals surface area (Å²) in [6.07, 6.45) is 0.279. The molecule has 1 atom stereocenters. The molecule has 5 nitrogen and oxygen atoms in total. The first-order valence-electron chi connectivity index (χ1n) is 7.71. The van der Waals surface area contributed by atoms with Gasteiger partial charge in [-0.2, -0.15) is 0 Å². The highest BCUT2D eigenvalue weighted by Crippen LogP contribution is 2.27. The molecule has 0 saturated carbocycles. The Hall–Kier alpha value is -2.69. The highest BCUT2D eigenvalue weighted by atomic mass is 16.5. The quantitative estimate of drug-likeness (QED) is 0.848. The van der Waals surface area contributed by atoms with E-state index in [2.05, 4.69) is 5.32 Å². The van der Waals surface area contributed by atoms with Crippen LogP contribution in [0.2, 0.25) is 0 Å². The summed E-state index contributed by atoms with van der Waals surface area (Å²) in [5.74, 6) is 2.01. The SMILES string of the molecule is COc1ccc([C@H](C)NC(=O)Cc2ccc(OC)c(OC)c2)cc1. The summed E-state index contributed by atoms with van der Waals surface area (Å²) in [5, 5.41) is 3.00. The van der Waals surface area contributed by atoms with Crippen LogP contribution >= 0.6 is 0 Å². The molecule has 0 aliphatic rings. The number of carbonyl (C=O) groups is 1. The van der Waals surface area contributed by atoms with Gasteiger partial charge in [-0.05, 0) is 42.3 Å². The first-order chi connectivity index (χ1) is 11.6. The van der Waals surface area contributed by atoms with Crippen molar-refractivity contribution in [3.05, 3.63) is 53.6 Å². The van der Waals surface area contributed by atoms with Crippen LogP contribution in [-0.4, -0.2) is 27.2 Å². The van der Waals surface area contributed by atoms with Gasteiger partial charge in [0, 0.05) is 0 Å². The van der Waals surface area contributed by atoms with Gasteiger partial charge < -0.3 is 19.5 Å². The average molecular weight is 329 g/mol. The number of carbonyl (C=O) groups excluding carboxylic acids is 1. The first-order valence-corrected chi connectivity index (χ1v) is 7.71. The van der Waals surface area contributed by atoms with E-state index in [4.69, 9.17) is 14.2 Å². The minimum Gasteiger partial charge on any atom is -0.497 e. The number of nitrogens with one attached hydrogen (secondary N) is 1. The lowest BCUT2D eigenvalue weighted by atomic mass is 10.1. The van der Waals surface area contributed by atoms with E-state index in [1.165, 1.54) is 0 Å². The van der Waals surface area contributed by atoms with Crippen LogP contribution in [0.25, 0.3) is 0 Å². The number of rotatable bonds is 7. The van der Waals surface area contributed by atoms with Gasteiger partial charge in [0.1, 0.15) is 5.75 Å². The summed E-state index contributed by atoms with van der Waals surface area (Å²) in [7, 11) is 4.79. The van der Waals surface area contributed by atoms with Crippen molar-refractivity contribution in [3.63, 3.8) is 0 Å². The van der Waals surface area contributed by atoms with Gasteiger partial charge in [0.2, 0.25) is 5.91 Å². The van der Waals surface area contributed by atoms with Gasteiger partial charge >= 0.3 is 0 Å². The third-order valence-electron chi connectivity index (χ3n) is 3.81. The Morgan fingerprint density at radius 3 is 2.21 bits per heavy atom. The molecule has 1 N–H and O–H groups in total. The molecule has 2 aromatic carbocycles. The van der Waals surface area contributed by atoms with Crippen molar-refractivity contribution in [3.8, 4) is 17.2 Å². The van der Waals surface area contributed by atoms with Crippen LogP contribution in [0.5, 0.6) is 17.2 Å². The molecule has 0 spiro atoms. The van der Waals surface area contributed by atoms with Crippen molar-refractivity contribution < 1.29 is 19.0 Å². The molecule has 128 valence electrons. The van der Waals surface area contributed by atoms with Crippen molar-refractivity contribution in [2.45, 2.75) is 19.4 Å². The Kier molecular flexibility index (Phi) is 6.07. The zero-order chi connectivity index (χ0) is 17.5. The molecule has 0 radical (unpaired) electrons. The molecule has 2 rings (SSSR count). The molecule has 2 aromatic rings. The molecule has 0 heterocycles. The molecule has 0 aromatic heterocycles. The number of amides is 1. The maximum Gasteiger partial charge on any atom is 0.224 e. The molecule has 24 heavy (non-hydrogen) atoms. The van der Waals surface area contributed by atoms with Gasteiger partial charge in [0.25, 0.3) is 0 Å². The molecule has 1 amide bonds. The lowest BCUT2D eigenvalue weighted by Crippen LogP contribution is -2.28. The first kappa shape index (κ1) is 17.7. The normalized spacial score (nSPS) is 11.5. The summed E-state index contributed by atoms with van der Waals surface area (Å²) in [4.78, 5) is 12.3. The molecule has 0 fully saturated rings. The van der Waals surface area contributed by atoms with Crippen LogP contribution < -0.4 is 19.5 Å². The van der Waals surface area contributed by atoms with E-state index >= 15 is 0 Å². The molecule has 0 saturated heterocycles. The maximum absolute atomic E-state index is 12.3. The van der Waals surface area contributed by atoms with Crippen LogP contribution in [0.4, 0.5) is 0 Å². The minimum absolute atomic E-state index is 0.0504. The fourth-order valence-electron chi connectivity index (χ4n) is 2.44. The molecule has 0 aliphatic carbocycles. The molecule has 0 aliphatic heterocycles. The fraction of sp³-hybridized carbons (Fsp3) is 0.316. The number of benzene rings is 2. The summed E-state index contributed by atoms with van der Waals surface area (Å²) in [6, 6.07) is 13.0.